The number of aliphatic imine (C=N–C) groups is 1. The van der Waals surface area contributed by atoms with E-state index in [1.165, 1.54) is 12.1 Å². The molecule has 0 aliphatic carbocycles. The monoisotopic (exact) mass is 372 g/mol. The highest BCUT2D eigenvalue weighted by molar-refractivity contribution is 8.18. The Morgan fingerprint density at radius 1 is 1.28 bits per heavy atom. The molecule has 1 saturated heterocycles. The predicted molar refractivity (Wildman–Crippen MR) is 100 cm³/mol. The first-order valence-corrected chi connectivity index (χ1v) is 9.19. The third-order valence-corrected chi connectivity index (χ3v) is 5.51. The first kappa shape index (κ1) is 16.0. The number of aryl methyl sites for hydroxylation is 2. The van der Waals surface area contributed by atoms with E-state index in [1.54, 1.807) is 23.5 Å². The van der Waals surface area contributed by atoms with Crippen LogP contribution in [-0.4, -0.2) is 20.5 Å². The van der Waals surface area contributed by atoms with Crippen LogP contribution in [0.15, 0.2) is 39.5 Å². The van der Waals surface area contributed by atoms with Crippen LogP contribution in [0.3, 0.4) is 0 Å². The van der Waals surface area contributed by atoms with Crippen LogP contribution < -0.4 is 5.32 Å². The standard InChI is InChI=1S/C17H13FN4OS2/c1-9-8-24-16-19-10(2)13(22(9)16)7-14-15(21-17(23)25-14)20-12-5-3-11(18)4-6-12/h3-8H,1-2H3,(H,20,21,23). The molecule has 0 spiro atoms. The number of rotatable bonds is 2. The molecule has 0 bridgehead atoms. The third-order valence-electron chi connectivity index (χ3n) is 3.75. The van der Waals surface area contributed by atoms with Crippen molar-refractivity contribution in [3.05, 3.63) is 57.4 Å². The van der Waals surface area contributed by atoms with Crippen molar-refractivity contribution in [2.45, 2.75) is 13.8 Å². The van der Waals surface area contributed by atoms with E-state index in [4.69, 9.17) is 0 Å². The molecular formula is C17H13FN4OS2. The fourth-order valence-electron chi connectivity index (χ4n) is 2.58. The van der Waals surface area contributed by atoms with Crippen molar-refractivity contribution in [1.29, 1.82) is 0 Å². The maximum atomic E-state index is 13.0. The van der Waals surface area contributed by atoms with Gasteiger partial charge in [-0.2, -0.15) is 0 Å². The summed E-state index contributed by atoms with van der Waals surface area (Å²) in [7, 11) is 0. The minimum Gasteiger partial charge on any atom is -0.300 e. The van der Waals surface area contributed by atoms with Gasteiger partial charge >= 0.3 is 0 Å². The van der Waals surface area contributed by atoms with Crippen LogP contribution in [0.5, 0.6) is 0 Å². The van der Waals surface area contributed by atoms with Crippen molar-refractivity contribution in [1.82, 2.24) is 14.7 Å². The third kappa shape index (κ3) is 2.98. The Bertz CT molecular complexity index is 1050. The summed E-state index contributed by atoms with van der Waals surface area (Å²) < 4.78 is 15.1. The van der Waals surface area contributed by atoms with E-state index in [1.807, 2.05) is 25.3 Å². The number of fused-ring (bicyclic) bond motifs is 1. The van der Waals surface area contributed by atoms with Crippen molar-refractivity contribution < 1.29 is 9.18 Å². The molecule has 25 heavy (non-hydrogen) atoms. The van der Waals surface area contributed by atoms with Gasteiger partial charge in [-0.3, -0.25) is 9.20 Å². The van der Waals surface area contributed by atoms with Gasteiger partial charge in [0.1, 0.15) is 11.7 Å². The lowest BCUT2D eigenvalue weighted by molar-refractivity contribution is 0.265. The molecule has 2 aromatic heterocycles. The predicted octanol–water partition coefficient (Wildman–Crippen LogP) is 4.68. The fraction of sp³-hybridized carbons (Fsp3) is 0.118. The van der Waals surface area contributed by atoms with Crippen LogP contribution in [0, 0.1) is 19.7 Å². The molecular weight excluding hydrogens is 359 g/mol. The molecule has 3 aromatic rings. The van der Waals surface area contributed by atoms with Gasteiger partial charge in [-0.1, -0.05) is 0 Å². The summed E-state index contributed by atoms with van der Waals surface area (Å²) in [6.07, 6.45) is 1.92. The lowest BCUT2D eigenvalue weighted by Crippen LogP contribution is -2.18. The van der Waals surface area contributed by atoms with Gasteiger partial charge in [0.15, 0.2) is 4.96 Å². The van der Waals surface area contributed by atoms with Crippen LogP contribution in [0.1, 0.15) is 17.1 Å². The van der Waals surface area contributed by atoms with Crippen LogP contribution in [0.2, 0.25) is 0 Å². The van der Waals surface area contributed by atoms with Crippen molar-refractivity contribution in [3.63, 3.8) is 0 Å². The molecule has 1 aromatic carbocycles. The van der Waals surface area contributed by atoms with Gasteiger partial charge in [-0.15, -0.1) is 11.3 Å². The maximum absolute atomic E-state index is 13.0. The summed E-state index contributed by atoms with van der Waals surface area (Å²) >= 11 is 2.67. The topological polar surface area (TPSA) is 58.8 Å². The second-order valence-corrected chi connectivity index (χ2v) is 7.39. The first-order valence-electron chi connectivity index (χ1n) is 7.49. The van der Waals surface area contributed by atoms with E-state index in [-0.39, 0.29) is 11.1 Å². The van der Waals surface area contributed by atoms with Gasteiger partial charge in [0.05, 0.1) is 22.0 Å². The molecule has 0 radical (unpaired) electrons. The number of benzene rings is 1. The molecule has 0 unspecified atom stereocenters. The number of amides is 1. The Labute approximate surface area is 151 Å². The normalized spacial score (nSPS) is 17.8. The number of hydrogen-bond donors (Lipinski definition) is 1. The molecule has 1 fully saturated rings. The maximum Gasteiger partial charge on any atom is 0.289 e. The minimum absolute atomic E-state index is 0.187. The van der Waals surface area contributed by atoms with E-state index < -0.39 is 0 Å². The minimum atomic E-state index is -0.324. The van der Waals surface area contributed by atoms with E-state index in [9.17, 15) is 9.18 Å². The number of nitrogens with zero attached hydrogens (tertiary/aromatic N) is 3. The fourth-order valence-corrected chi connectivity index (χ4v) is 4.21. The van der Waals surface area contributed by atoms with Gasteiger partial charge in [0.25, 0.3) is 5.24 Å². The van der Waals surface area contributed by atoms with E-state index in [2.05, 4.69) is 19.7 Å². The number of imidazole rings is 1. The Morgan fingerprint density at radius 2 is 2.04 bits per heavy atom. The number of amidine groups is 1. The number of halogens is 1. The highest BCUT2D eigenvalue weighted by Gasteiger charge is 2.25. The van der Waals surface area contributed by atoms with Crippen molar-refractivity contribution in [2.24, 2.45) is 4.99 Å². The summed E-state index contributed by atoms with van der Waals surface area (Å²) in [6, 6.07) is 5.82. The number of hydrogen-bond acceptors (Lipinski definition) is 5. The summed E-state index contributed by atoms with van der Waals surface area (Å²) in [6.45, 7) is 3.96. The Morgan fingerprint density at radius 3 is 2.80 bits per heavy atom. The number of carbonyl (C=O) groups is 1. The number of thiazole rings is 1. The smallest absolute Gasteiger partial charge is 0.289 e. The number of aromatic nitrogens is 2. The molecule has 1 aliphatic heterocycles. The number of carbonyl (C=O) groups excluding carboxylic acids is 1. The zero-order chi connectivity index (χ0) is 17.6. The van der Waals surface area contributed by atoms with Gasteiger partial charge in [-0.05, 0) is 56.0 Å². The average Bonchev–Trinajstić information content (AvgIpc) is 3.19. The van der Waals surface area contributed by atoms with E-state index in [0.717, 1.165) is 33.8 Å². The van der Waals surface area contributed by atoms with Crippen LogP contribution in [0.25, 0.3) is 11.0 Å². The van der Waals surface area contributed by atoms with Crippen molar-refractivity contribution in [2.75, 3.05) is 0 Å². The van der Waals surface area contributed by atoms with E-state index in [0.29, 0.717) is 16.4 Å². The molecule has 5 nitrogen and oxygen atoms in total. The number of nitrogens with one attached hydrogen (secondary N) is 1. The summed E-state index contributed by atoms with van der Waals surface area (Å²) in [5.74, 6) is 0.138. The van der Waals surface area contributed by atoms with E-state index >= 15 is 0 Å². The molecule has 1 N–H and O–H groups in total. The second kappa shape index (κ2) is 6.12. The largest absolute Gasteiger partial charge is 0.300 e. The van der Waals surface area contributed by atoms with Crippen molar-refractivity contribution >= 4 is 50.9 Å². The number of thioether (sulfide) groups is 1. The van der Waals surface area contributed by atoms with Gasteiger partial charge in [-0.25, -0.2) is 14.4 Å². The van der Waals surface area contributed by atoms with Crippen molar-refractivity contribution in [3.8, 4) is 0 Å². The van der Waals surface area contributed by atoms with Gasteiger partial charge in [0.2, 0.25) is 0 Å². The average molecular weight is 372 g/mol. The second-order valence-electron chi connectivity index (χ2n) is 5.54. The van der Waals surface area contributed by atoms with Crippen LogP contribution in [-0.2, 0) is 0 Å². The first-order chi connectivity index (χ1) is 12.0. The quantitative estimate of drug-likeness (QED) is 0.711. The molecule has 126 valence electrons. The highest BCUT2D eigenvalue weighted by atomic mass is 32.2. The lowest BCUT2D eigenvalue weighted by atomic mass is 10.3. The Hall–Kier alpha value is -2.45. The molecule has 8 heteroatoms. The lowest BCUT2D eigenvalue weighted by Gasteiger charge is -2.01. The molecule has 4 rings (SSSR count). The van der Waals surface area contributed by atoms with Gasteiger partial charge in [0, 0.05) is 11.1 Å². The molecule has 1 aliphatic rings. The Kier molecular flexibility index (Phi) is 3.93. The van der Waals surface area contributed by atoms with Crippen LogP contribution >= 0.6 is 23.1 Å². The summed E-state index contributed by atoms with van der Waals surface area (Å²) in [5, 5.41) is 4.60. The summed E-state index contributed by atoms with van der Waals surface area (Å²) in [5.41, 5.74) is 3.49. The zero-order valence-electron chi connectivity index (χ0n) is 13.4. The molecule has 3 heterocycles. The molecule has 1 amide bonds. The molecule has 0 atom stereocenters. The van der Waals surface area contributed by atoms with Gasteiger partial charge < -0.3 is 5.32 Å². The Balaban J connectivity index is 1.80. The molecule has 0 saturated carbocycles. The summed E-state index contributed by atoms with van der Waals surface area (Å²) in [4.78, 5) is 22.5. The zero-order valence-corrected chi connectivity index (χ0v) is 15.0. The van der Waals surface area contributed by atoms with Crippen LogP contribution in [0.4, 0.5) is 14.9 Å². The highest BCUT2D eigenvalue weighted by Crippen LogP contribution is 2.30. The SMILES string of the molecule is Cc1nc2scc(C)n2c1C=C1SC(=O)NC1=Nc1ccc(F)cc1.